The highest BCUT2D eigenvalue weighted by Gasteiger charge is 2.29. The smallest absolute Gasteiger partial charge is 0.283 e. The number of sulfonamides is 1. The third kappa shape index (κ3) is 4.51. The first-order chi connectivity index (χ1) is 15.6. The van der Waals surface area contributed by atoms with Gasteiger partial charge in [0.1, 0.15) is 0 Å². The molecule has 2 aliphatic rings. The van der Waals surface area contributed by atoms with Crippen molar-refractivity contribution in [3.63, 3.8) is 0 Å². The third-order valence-electron chi connectivity index (χ3n) is 6.48. The summed E-state index contributed by atoms with van der Waals surface area (Å²) in [4.78, 5) is 2.50. The van der Waals surface area contributed by atoms with E-state index in [1.54, 1.807) is 34.8 Å². The van der Waals surface area contributed by atoms with Crippen molar-refractivity contribution in [1.82, 2.24) is 19.4 Å². The molecule has 1 aromatic carbocycles. The lowest BCUT2D eigenvalue weighted by Gasteiger charge is -2.33. The number of furan rings is 1. The normalized spacial score (nSPS) is 19.4. The van der Waals surface area contributed by atoms with E-state index < -0.39 is 10.0 Å². The fourth-order valence-electron chi connectivity index (χ4n) is 4.63. The first kappa shape index (κ1) is 21.4. The van der Waals surface area contributed by atoms with Crippen LogP contribution < -0.4 is 0 Å². The van der Waals surface area contributed by atoms with Crippen LogP contribution in [-0.2, 0) is 16.6 Å². The Morgan fingerprint density at radius 1 is 0.938 bits per heavy atom. The topological polar surface area (TPSA) is 92.7 Å². The van der Waals surface area contributed by atoms with Crippen molar-refractivity contribution in [1.29, 1.82) is 0 Å². The molecule has 8 nitrogen and oxygen atoms in total. The lowest BCUT2D eigenvalue weighted by molar-refractivity contribution is 0.168. The molecule has 1 saturated carbocycles. The summed E-state index contributed by atoms with van der Waals surface area (Å²) in [5, 5.41) is 8.09. The Bertz CT molecular complexity index is 1110. The quantitative estimate of drug-likeness (QED) is 0.556. The largest absolute Gasteiger partial charge is 0.459 e. The summed E-state index contributed by atoms with van der Waals surface area (Å²) in [6, 6.07) is 11.1. The number of aromatic nitrogens is 2. The summed E-state index contributed by atoms with van der Waals surface area (Å²) in [5.41, 5.74) is 1.27. The van der Waals surface area contributed by atoms with Crippen LogP contribution >= 0.6 is 0 Å². The molecule has 0 bridgehead atoms. The minimum absolute atomic E-state index is 0.350. The van der Waals surface area contributed by atoms with Gasteiger partial charge in [-0.05, 0) is 48.6 Å². The van der Waals surface area contributed by atoms with E-state index in [-0.39, 0.29) is 0 Å². The molecule has 9 heteroatoms. The Labute approximate surface area is 188 Å². The van der Waals surface area contributed by atoms with Crippen LogP contribution in [0.15, 0.2) is 56.4 Å². The van der Waals surface area contributed by atoms with Crippen molar-refractivity contribution in [3.8, 4) is 11.7 Å². The number of piperazine rings is 1. The van der Waals surface area contributed by atoms with E-state index in [2.05, 4.69) is 15.1 Å². The molecule has 0 radical (unpaired) electrons. The molecule has 32 heavy (non-hydrogen) atoms. The van der Waals surface area contributed by atoms with E-state index in [1.807, 2.05) is 12.1 Å². The second-order valence-corrected chi connectivity index (χ2v) is 10.5. The molecule has 3 heterocycles. The second-order valence-electron chi connectivity index (χ2n) is 8.56. The maximum Gasteiger partial charge on any atom is 0.283 e. The van der Waals surface area contributed by atoms with Crippen molar-refractivity contribution >= 4 is 10.0 Å². The van der Waals surface area contributed by atoms with Crippen LogP contribution in [-0.4, -0.2) is 54.0 Å². The molecule has 0 spiro atoms. The van der Waals surface area contributed by atoms with Gasteiger partial charge in [0.25, 0.3) is 5.89 Å². The van der Waals surface area contributed by atoms with Crippen molar-refractivity contribution in [3.05, 3.63) is 54.1 Å². The number of hydrogen-bond donors (Lipinski definition) is 0. The minimum Gasteiger partial charge on any atom is -0.459 e. The molecule has 2 aromatic heterocycles. The maximum atomic E-state index is 13.1. The maximum absolute atomic E-state index is 13.1. The zero-order valence-corrected chi connectivity index (χ0v) is 18.8. The van der Waals surface area contributed by atoms with Crippen LogP contribution in [0.1, 0.15) is 49.5 Å². The van der Waals surface area contributed by atoms with Gasteiger partial charge in [-0.1, -0.05) is 31.4 Å². The van der Waals surface area contributed by atoms with Gasteiger partial charge in [0.05, 0.1) is 17.7 Å². The predicted octanol–water partition coefficient (Wildman–Crippen LogP) is 3.88. The van der Waals surface area contributed by atoms with Gasteiger partial charge in [0.15, 0.2) is 5.76 Å². The highest BCUT2D eigenvalue weighted by Crippen LogP contribution is 2.33. The molecule has 2 fully saturated rings. The van der Waals surface area contributed by atoms with Gasteiger partial charge < -0.3 is 8.83 Å². The van der Waals surface area contributed by atoms with E-state index >= 15 is 0 Å². The average molecular weight is 457 g/mol. The zero-order chi connectivity index (χ0) is 22.0. The highest BCUT2D eigenvalue weighted by molar-refractivity contribution is 7.89. The molecule has 3 aromatic rings. The van der Waals surface area contributed by atoms with Gasteiger partial charge in [-0.15, -0.1) is 10.2 Å². The Morgan fingerprint density at radius 2 is 1.69 bits per heavy atom. The van der Waals surface area contributed by atoms with E-state index in [1.165, 1.54) is 37.7 Å². The summed E-state index contributed by atoms with van der Waals surface area (Å²) in [6.07, 6.45) is 7.81. The fourth-order valence-corrected chi connectivity index (χ4v) is 6.06. The Balaban J connectivity index is 1.18. The molecule has 5 rings (SSSR count). The van der Waals surface area contributed by atoms with Crippen molar-refractivity contribution < 1.29 is 17.3 Å². The minimum atomic E-state index is -3.49. The zero-order valence-electron chi connectivity index (χ0n) is 18.0. The molecule has 0 atom stereocenters. The lowest BCUT2D eigenvalue weighted by atomic mass is 9.84. The average Bonchev–Trinajstić information content (AvgIpc) is 3.52. The molecule has 1 aliphatic heterocycles. The molecular weight excluding hydrogens is 428 g/mol. The lowest BCUT2D eigenvalue weighted by Crippen LogP contribution is -2.48. The predicted molar refractivity (Wildman–Crippen MR) is 118 cm³/mol. The van der Waals surface area contributed by atoms with Crippen LogP contribution in [0.4, 0.5) is 0 Å². The van der Waals surface area contributed by atoms with E-state index in [0.717, 1.165) is 0 Å². The number of nitrogens with zero attached hydrogens (tertiary/aromatic N) is 4. The van der Waals surface area contributed by atoms with Crippen molar-refractivity contribution in [2.75, 3.05) is 26.2 Å². The van der Waals surface area contributed by atoms with Gasteiger partial charge in [-0.25, -0.2) is 8.42 Å². The molecule has 1 saturated heterocycles. The molecule has 0 N–H and O–H groups in total. The number of benzene rings is 1. The first-order valence-corrected chi connectivity index (χ1v) is 12.7. The van der Waals surface area contributed by atoms with Gasteiger partial charge >= 0.3 is 0 Å². The van der Waals surface area contributed by atoms with Crippen molar-refractivity contribution in [2.45, 2.75) is 49.5 Å². The molecule has 0 unspecified atom stereocenters. The third-order valence-corrected chi connectivity index (χ3v) is 8.40. The Morgan fingerprint density at radius 3 is 2.38 bits per heavy atom. The monoisotopic (exact) mass is 456 g/mol. The summed E-state index contributed by atoms with van der Waals surface area (Å²) in [5.74, 6) is 1.95. The summed E-state index contributed by atoms with van der Waals surface area (Å²) in [6.45, 7) is 2.57. The van der Waals surface area contributed by atoms with Gasteiger partial charge in [0, 0.05) is 26.2 Å². The van der Waals surface area contributed by atoms with Gasteiger partial charge in [0.2, 0.25) is 15.9 Å². The van der Waals surface area contributed by atoms with E-state index in [9.17, 15) is 8.42 Å². The van der Waals surface area contributed by atoms with Crippen LogP contribution in [0.25, 0.3) is 11.7 Å². The fraction of sp³-hybridized carbons (Fsp3) is 0.478. The van der Waals surface area contributed by atoms with Crippen LogP contribution in [0.5, 0.6) is 0 Å². The SMILES string of the molecule is O=S(=O)(c1ccc(C2CCCCC2)cc1)N1CCN(Cc2nnc(-c3ccco3)o2)CC1. The summed E-state index contributed by atoms with van der Waals surface area (Å²) in [7, 11) is -3.49. The van der Waals surface area contributed by atoms with Crippen LogP contribution in [0.2, 0.25) is 0 Å². The first-order valence-electron chi connectivity index (χ1n) is 11.3. The van der Waals surface area contributed by atoms with Gasteiger partial charge in [-0.3, -0.25) is 4.90 Å². The highest BCUT2D eigenvalue weighted by atomic mass is 32.2. The van der Waals surface area contributed by atoms with Crippen LogP contribution in [0.3, 0.4) is 0 Å². The summed E-state index contributed by atoms with van der Waals surface area (Å²) >= 11 is 0. The molecule has 0 amide bonds. The van der Waals surface area contributed by atoms with Gasteiger partial charge in [-0.2, -0.15) is 4.31 Å². The van der Waals surface area contributed by atoms with Crippen LogP contribution in [0, 0.1) is 0 Å². The number of rotatable bonds is 6. The van der Waals surface area contributed by atoms with E-state index in [4.69, 9.17) is 8.83 Å². The Hall–Kier alpha value is -2.49. The summed E-state index contributed by atoms with van der Waals surface area (Å²) < 4.78 is 38.8. The second kappa shape index (κ2) is 9.17. The molecular formula is C23H28N4O4S. The molecule has 170 valence electrons. The van der Waals surface area contributed by atoms with E-state index in [0.29, 0.717) is 61.1 Å². The van der Waals surface area contributed by atoms with Crippen molar-refractivity contribution in [2.24, 2.45) is 0 Å². The standard InChI is InChI=1S/C23H28N4O4S/c28-32(29,20-10-8-19(9-11-20)18-5-2-1-3-6-18)27-14-12-26(13-15-27)17-22-24-25-23(31-22)21-7-4-16-30-21/h4,7-11,16,18H,1-3,5-6,12-15,17H2. The Kier molecular flexibility index (Phi) is 6.12. The molecule has 1 aliphatic carbocycles. The number of hydrogen-bond acceptors (Lipinski definition) is 7.